The smallest absolute Gasteiger partial charge is 0.157 e. The molecule has 2 aliphatic rings. The maximum atomic E-state index is 13.2. The van der Waals surface area contributed by atoms with E-state index in [2.05, 4.69) is 11.9 Å². The van der Waals surface area contributed by atoms with Gasteiger partial charge in [0.2, 0.25) is 0 Å². The topological polar surface area (TPSA) is 112 Å². The Labute approximate surface area is 207 Å². The summed E-state index contributed by atoms with van der Waals surface area (Å²) in [6.45, 7) is 11.0. The Morgan fingerprint density at radius 1 is 1.18 bits per heavy atom. The molecule has 0 saturated carbocycles. The van der Waals surface area contributed by atoms with Crippen molar-refractivity contribution in [1.29, 1.82) is 0 Å². The lowest BCUT2D eigenvalue weighted by Gasteiger charge is -2.35. The van der Waals surface area contributed by atoms with Crippen LogP contribution in [-0.2, 0) is 14.3 Å². The van der Waals surface area contributed by atoms with E-state index in [4.69, 9.17) is 9.47 Å². The Kier molecular flexibility index (Phi) is 8.75. The summed E-state index contributed by atoms with van der Waals surface area (Å²) in [7, 11) is 0. The van der Waals surface area contributed by atoms with E-state index in [1.54, 1.807) is 32.1 Å². The predicted octanol–water partition coefficient (Wildman–Crippen LogP) is 3.88. The van der Waals surface area contributed by atoms with Crippen molar-refractivity contribution in [3.05, 3.63) is 22.2 Å². The number of nitrogens with zero attached hydrogens (tertiary/aromatic N) is 1. The van der Waals surface area contributed by atoms with Crippen LogP contribution >= 0.6 is 11.3 Å². The molecule has 1 aromatic rings. The fourth-order valence-corrected chi connectivity index (χ4v) is 5.53. The van der Waals surface area contributed by atoms with Gasteiger partial charge in [0.25, 0.3) is 0 Å². The number of aliphatic hydroxyl groups excluding tert-OH is 3. The molecule has 34 heavy (non-hydrogen) atoms. The monoisotopic (exact) mass is 495 g/mol. The van der Waals surface area contributed by atoms with Crippen molar-refractivity contribution in [1.82, 2.24) is 4.98 Å². The molecule has 3 N–H and O–H groups in total. The van der Waals surface area contributed by atoms with Gasteiger partial charge in [-0.3, -0.25) is 4.79 Å². The van der Waals surface area contributed by atoms with Gasteiger partial charge in [-0.15, -0.1) is 11.3 Å². The molecule has 7 nitrogen and oxygen atoms in total. The van der Waals surface area contributed by atoms with Gasteiger partial charge in [-0.1, -0.05) is 40.2 Å². The van der Waals surface area contributed by atoms with Crippen LogP contribution in [0.2, 0.25) is 0 Å². The lowest BCUT2D eigenvalue weighted by Crippen LogP contribution is -2.46. The van der Waals surface area contributed by atoms with E-state index in [-0.39, 0.29) is 29.8 Å². The van der Waals surface area contributed by atoms with Gasteiger partial charge in [0.15, 0.2) is 6.29 Å². The number of Topliss-reactive ketones (excluding diaryl/α,β-unsaturated/α-hetero) is 1. The van der Waals surface area contributed by atoms with Crippen LogP contribution in [-0.4, -0.2) is 62.4 Å². The fourth-order valence-electron chi connectivity index (χ4n) is 4.95. The number of hydrogen-bond donors (Lipinski definition) is 3. The van der Waals surface area contributed by atoms with Crippen molar-refractivity contribution in [2.24, 2.45) is 17.3 Å². The molecule has 0 bridgehead atoms. The minimum absolute atomic E-state index is 0.00141. The zero-order valence-electron chi connectivity index (χ0n) is 21.2. The zero-order chi connectivity index (χ0) is 25.3. The number of aliphatic hydroxyl groups is 3. The number of epoxide rings is 1. The van der Waals surface area contributed by atoms with Crippen LogP contribution in [0.3, 0.4) is 0 Å². The number of thiazole rings is 1. The van der Waals surface area contributed by atoms with Gasteiger partial charge >= 0.3 is 0 Å². The second-order valence-corrected chi connectivity index (χ2v) is 12.0. The molecular weight excluding hydrogens is 454 g/mol. The molecule has 2 fully saturated rings. The number of ketones is 1. The molecule has 8 heteroatoms. The first kappa shape index (κ1) is 27.4. The van der Waals surface area contributed by atoms with Crippen molar-refractivity contribution in [2.45, 2.75) is 110 Å². The summed E-state index contributed by atoms with van der Waals surface area (Å²) in [6.07, 6.45) is 3.14. The summed E-state index contributed by atoms with van der Waals surface area (Å²) in [5.74, 6) is -0.887. The van der Waals surface area contributed by atoms with E-state index in [1.165, 1.54) is 0 Å². The van der Waals surface area contributed by atoms with Crippen molar-refractivity contribution < 1.29 is 29.6 Å². The normalized spacial score (nSPS) is 40.3. The highest BCUT2D eigenvalue weighted by Gasteiger charge is 2.52. The number of rotatable bonds is 2. The minimum Gasteiger partial charge on any atom is -0.392 e. The van der Waals surface area contributed by atoms with E-state index in [1.807, 2.05) is 31.4 Å². The van der Waals surface area contributed by atoms with Gasteiger partial charge in [0.05, 0.1) is 40.7 Å². The SMILES string of the molecule is Cc1nc(C=C[C@@H]2C[C@@H]3O[C@]3(C)CCC[C@H](C)[C@H](O)[C@@H](C)C(=O)C(C)(C)[C@@H](O)CC(O)O2)cs1. The van der Waals surface area contributed by atoms with Gasteiger partial charge < -0.3 is 24.8 Å². The molecule has 0 aliphatic carbocycles. The Balaban J connectivity index is 1.80. The number of ether oxygens (including phenoxy) is 2. The molecule has 8 atom stereocenters. The summed E-state index contributed by atoms with van der Waals surface area (Å²) in [5.41, 5.74) is -0.564. The number of hydrogen-bond acceptors (Lipinski definition) is 8. The molecule has 2 saturated heterocycles. The van der Waals surface area contributed by atoms with E-state index < -0.39 is 35.9 Å². The molecule has 0 aromatic carbocycles. The molecule has 2 aliphatic heterocycles. The summed E-state index contributed by atoms with van der Waals surface area (Å²) in [6, 6.07) is 0. The lowest BCUT2D eigenvalue weighted by atomic mass is 9.73. The van der Waals surface area contributed by atoms with Gasteiger partial charge in [-0.25, -0.2) is 4.98 Å². The van der Waals surface area contributed by atoms with Crippen molar-refractivity contribution >= 4 is 23.2 Å². The van der Waals surface area contributed by atoms with Crippen LogP contribution in [0, 0.1) is 24.2 Å². The zero-order valence-corrected chi connectivity index (χ0v) is 22.0. The van der Waals surface area contributed by atoms with Gasteiger partial charge in [-0.2, -0.15) is 0 Å². The molecule has 3 heterocycles. The molecule has 192 valence electrons. The van der Waals surface area contributed by atoms with E-state index >= 15 is 0 Å². The number of aryl methyl sites for hydroxylation is 1. The van der Waals surface area contributed by atoms with Gasteiger partial charge in [-0.05, 0) is 38.7 Å². The van der Waals surface area contributed by atoms with Crippen LogP contribution in [0.5, 0.6) is 0 Å². The first-order valence-corrected chi connectivity index (χ1v) is 13.2. The van der Waals surface area contributed by atoms with Crippen LogP contribution < -0.4 is 0 Å². The molecular formula is C26H41NO6S. The largest absolute Gasteiger partial charge is 0.392 e. The average Bonchev–Trinajstić information content (AvgIpc) is 3.19. The van der Waals surface area contributed by atoms with E-state index in [0.29, 0.717) is 6.42 Å². The maximum absolute atomic E-state index is 13.2. The number of aromatic nitrogens is 1. The fraction of sp³-hybridized carbons (Fsp3) is 0.769. The quantitative estimate of drug-likeness (QED) is 0.534. The Morgan fingerprint density at radius 2 is 1.88 bits per heavy atom. The summed E-state index contributed by atoms with van der Waals surface area (Å²) < 4.78 is 12.0. The summed E-state index contributed by atoms with van der Waals surface area (Å²) in [4.78, 5) is 17.6. The molecule has 1 aromatic heterocycles. The number of carbonyl (C=O) groups is 1. The standard InChI is InChI=1S/C26H41NO6S/c1-15-8-7-11-26(6)21(33-26)12-19(10-9-18-14-34-17(3)27-18)32-22(29)13-20(28)25(4,5)24(31)16(2)23(15)30/h9-10,14-16,19-23,28-30H,7-8,11-13H2,1-6H3/t15-,16+,19+,20-,21-,22?,23-,26+/m0/s1. The third-order valence-corrected chi connectivity index (χ3v) is 8.46. The molecule has 1 unspecified atom stereocenters. The summed E-state index contributed by atoms with van der Waals surface area (Å²) in [5, 5.41) is 35.3. The van der Waals surface area contributed by atoms with Crippen molar-refractivity contribution in [3.8, 4) is 0 Å². The second-order valence-electron chi connectivity index (χ2n) is 10.9. The van der Waals surface area contributed by atoms with Crippen LogP contribution in [0.4, 0.5) is 0 Å². The minimum atomic E-state index is -1.26. The predicted molar refractivity (Wildman–Crippen MR) is 132 cm³/mol. The third-order valence-electron chi connectivity index (χ3n) is 7.67. The highest BCUT2D eigenvalue weighted by atomic mass is 32.1. The van der Waals surface area contributed by atoms with Crippen LogP contribution in [0.15, 0.2) is 11.5 Å². The summed E-state index contributed by atoms with van der Waals surface area (Å²) >= 11 is 1.57. The Bertz CT molecular complexity index is 869. The first-order chi connectivity index (χ1) is 15.8. The number of carbonyl (C=O) groups excluding carboxylic acids is 1. The third kappa shape index (κ3) is 6.53. The molecule has 3 rings (SSSR count). The second kappa shape index (κ2) is 10.8. The van der Waals surface area contributed by atoms with Crippen LogP contribution in [0.25, 0.3) is 6.08 Å². The Morgan fingerprint density at radius 3 is 2.53 bits per heavy atom. The first-order valence-electron chi connectivity index (χ1n) is 12.4. The molecule has 0 amide bonds. The van der Waals surface area contributed by atoms with Gasteiger partial charge in [0, 0.05) is 29.6 Å². The molecule has 0 spiro atoms. The van der Waals surface area contributed by atoms with Crippen molar-refractivity contribution in [2.75, 3.05) is 0 Å². The van der Waals surface area contributed by atoms with E-state index in [0.717, 1.165) is 30.0 Å². The van der Waals surface area contributed by atoms with Crippen molar-refractivity contribution in [3.63, 3.8) is 0 Å². The van der Waals surface area contributed by atoms with Crippen LogP contribution in [0.1, 0.15) is 77.4 Å². The van der Waals surface area contributed by atoms with E-state index in [9.17, 15) is 20.1 Å². The average molecular weight is 496 g/mol. The highest BCUT2D eigenvalue weighted by Crippen LogP contribution is 2.44. The lowest BCUT2D eigenvalue weighted by molar-refractivity contribution is -0.161. The Hall–Kier alpha value is -1.16. The maximum Gasteiger partial charge on any atom is 0.157 e. The highest BCUT2D eigenvalue weighted by molar-refractivity contribution is 7.09. The number of fused-ring (bicyclic) bond motifs is 1. The molecule has 0 radical (unpaired) electrons. The van der Waals surface area contributed by atoms with Gasteiger partial charge in [0.1, 0.15) is 5.78 Å².